The molecule has 0 unspecified atom stereocenters. The zero-order valence-electron chi connectivity index (χ0n) is 18.4. The van der Waals surface area contributed by atoms with E-state index in [1.54, 1.807) is 25.3 Å². The third kappa shape index (κ3) is 5.95. The number of carbonyl (C=O) groups excluding carboxylic acids is 1. The summed E-state index contributed by atoms with van der Waals surface area (Å²) in [6.07, 6.45) is 0.535. The maximum absolute atomic E-state index is 13.2. The summed E-state index contributed by atoms with van der Waals surface area (Å²) in [7, 11) is 1.55. The lowest BCUT2D eigenvalue weighted by Gasteiger charge is -2.44. The number of nitrogens with zero attached hydrogens (tertiary/aromatic N) is 2. The average Bonchev–Trinajstić information content (AvgIpc) is 2.76. The van der Waals surface area contributed by atoms with Crippen LogP contribution in [0.25, 0.3) is 0 Å². The van der Waals surface area contributed by atoms with Crippen LogP contribution in [0.1, 0.15) is 25.0 Å². The van der Waals surface area contributed by atoms with Crippen LogP contribution in [0.4, 0.5) is 4.39 Å². The van der Waals surface area contributed by atoms with Gasteiger partial charge in [0, 0.05) is 38.3 Å². The SMILES string of the molecule is COc1cc(CCO)ccc1OCC(=O)N1C[C@H](C)N(Cc2ccc(F)cc2)C[C@H]1C. The van der Waals surface area contributed by atoms with Gasteiger partial charge in [0.2, 0.25) is 0 Å². The van der Waals surface area contributed by atoms with Gasteiger partial charge in [0.25, 0.3) is 5.91 Å². The Morgan fingerprint density at radius 2 is 1.77 bits per heavy atom. The quantitative estimate of drug-likeness (QED) is 0.698. The molecule has 0 spiro atoms. The fourth-order valence-electron chi connectivity index (χ4n) is 3.93. The van der Waals surface area contributed by atoms with Crippen molar-refractivity contribution in [3.05, 3.63) is 59.4 Å². The Morgan fingerprint density at radius 1 is 1.06 bits per heavy atom. The molecule has 1 N–H and O–H groups in total. The standard InChI is InChI=1S/C24H31FN2O4/c1-17-14-27(18(2)13-26(17)15-20-4-7-21(25)8-5-20)24(29)16-31-22-9-6-19(10-11-28)12-23(22)30-3/h4-9,12,17-18,28H,10-11,13-16H2,1-3H3/t17-,18+/m0/s1. The number of piperazine rings is 1. The summed E-state index contributed by atoms with van der Waals surface area (Å²) in [5, 5.41) is 9.09. The summed E-state index contributed by atoms with van der Waals surface area (Å²) in [4.78, 5) is 17.0. The second-order valence-corrected chi connectivity index (χ2v) is 8.05. The molecule has 1 aliphatic rings. The number of ether oxygens (including phenoxy) is 2. The number of halogens is 1. The van der Waals surface area contributed by atoms with Crippen molar-refractivity contribution in [3.8, 4) is 11.5 Å². The molecule has 1 fully saturated rings. The molecular weight excluding hydrogens is 399 g/mol. The Hall–Kier alpha value is -2.64. The van der Waals surface area contributed by atoms with E-state index in [1.165, 1.54) is 12.1 Å². The van der Waals surface area contributed by atoms with Crippen molar-refractivity contribution < 1.29 is 23.8 Å². The number of amides is 1. The van der Waals surface area contributed by atoms with Gasteiger partial charge < -0.3 is 19.5 Å². The van der Waals surface area contributed by atoms with Gasteiger partial charge in [0.1, 0.15) is 5.82 Å². The van der Waals surface area contributed by atoms with Gasteiger partial charge >= 0.3 is 0 Å². The van der Waals surface area contributed by atoms with E-state index >= 15 is 0 Å². The second-order valence-electron chi connectivity index (χ2n) is 8.05. The van der Waals surface area contributed by atoms with E-state index in [2.05, 4.69) is 11.8 Å². The molecule has 1 heterocycles. The molecule has 1 amide bonds. The van der Waals surface area contributed by atoms with E-state index in [0.29, 0.717) is 24.5 Å². The number of hydrogen-bond acceptors (Lipinski definition) is 5. The number of carbonyl (C=O) groups is 1. The highest BCUT2D eigenvalue weighted by molar-refractivity contribution is 5.78. The van der Waals surface area contributed by atoms with Gasteiger partial charge in [-0.05, 0) is 55.7 Å². The highest BCUT2D eigenvalue weighted by Gasteiger charge is 2.32. The minimum Gasteiger partial charge on any atom is -0.493 e. The minimum absolute atomic E-state index is 0.0431. The molecule has 0 aromatic heterocycles. The number of hydrogen-bond donors (Lipinski definition) is 1. The molecule has 0 bridgehead atoms. The average molecular weight is 431 g/mol. The molecule has 31 heavy (non-hydrogen) atoms. The number of aliphatic hydroxyl groups is 1. The van der Waals surface area contributed by atoms with Crippen LogP contribution in [0.5, 0.6) is 11.5 Å². The lowest BCUT2D eigenvalue weighted by molar-refractivity contribution is -0.139. The predicted octanol–water partition coefficient (Wildman–Crippen LogP) is 2.87. The molecule has 6 nitrogen and oxygen atoms in total. The van der Waals surface area contributed by atoms with Gasteiger partial charge in [-0.1, -0.05) is 18.2 Å². The van der Waals surface area contributed by atoms with Crippen LogP contribution in [-0.4, -0.2) is 66.3 Å². The Kier molecular flexibility index (Phi) is 7.87. The van der Waals surface area contributed by atoms with E-state index < -0.39 is 0 Å². The van der Waals surface area contributed by atoms with Crippen LogP contribution >= 0.6 is 0 Å². The van der Waals surface area contributed by atoms with Crippen molar-refractivity contribution in [3.63, 3.8) is 0 Å². The van der Waals surface area contributed by atoms with E-state index in [4.69, 9.17) is 14.6 Å². The topological polar surface area (TPSA) is 62.2 Å². The van der Waals surface area contributed by atoms with Crippen LogP contribution in [0.3, 0.4) is 0 Å². The van der Waals surface area contributed by atoms with Gasteiger partial charge in [-0.25, -0.2) is 4.39 Å². The molecular formula is C24H31FN2O4. The number of aliphatic hydroxyl groups excluding tert-OH is 1. The maximum Gasteiger partial charge on any atom is 0.260 e. The summed E-state index contributed by atoms with van der Waals surface area (Å²) >= 11 is 0. The molecule has 0 aliphatic carbocycles. The molecule has 2 aromatic rings. The van der Waals surface area contributed by atoms with Crippen molar-refractivity contribution in [2.24, 2.45) is 0 Å². The van der Waals surface area contributed by atoms with Gasteiger partial charge in [-0.15, -0.1) is 0 Å². The summed E-state index contributed by atoms with van der Waals surface area (Å²) < 4.78 is 24.3. The second kappa shape index (κ2) is 10.6. The van der Waals surface area contributed by atoms with Gasteiger partial charge in [0.05, 0.1) is 7.11 Å². The Bertz CT molecular complexity index is 874. The summed E-state index contributed by atoms with van der Waals surface area (Å²) in [5.74, 6) is 0.750. The Balaban J connectivity index is 1.57. The molecule has 3 rings (SSSR count). The van der Waals surface area contributed by atoms with Gasteiger partial charge in [-0.3, -0.25) is 9.69 Å². The maximum atomic E-state index is 13.2. The first-order valence-electron chi connectivity index (χ1n) is 10.6. The van der Waals surface area contributed by atoms with Crippen LogP contribution in [0.2, 0.25) is 0 Å². The molecule has 0 saturated carbocycles. The first kappa shape index (κ1) is 23.0. The zero-order chi connectivity index (χ0) is 22.4. The molecule has 168 valence electrons. The van der Waals surface area contributed by atoms with E-state index in [-0.39, 0.29) is 37.0 Å². The van der Waals surface area contributed by atoms with Crippen molar-refractivity contribution >= 4 is 5.91 Å². The summed E-state index contributed by atoms with van der Waals surface area (Å²) in [5.41, 5.74) is 2.00. The highest BCUT2D eigenvalue weighted by Crippen LogP contribution is 2.28. The normalized spacial score (nSPS) is 19.3. The number of benzene rings is 2. The molecule has 7 heteroatoms. The van der Waals surface area contributed by atoms with E-state index in [9.17, 15) is 9.18 Å². The number of methoxy groups -OCH3 is 1. The molecule has 1 aliphatic heterocycles. The van der Waals surface area contributed by atoms with Crippen LogP contribution < -0.4 is 9.47 Å². The molecule has 2 atom stereocenters. The lowest BCUT2D eigenvalue weighted by Crippen LogP contribution is -2.58. The zero-order valence-corrected chi connectivity index (χ0v) is 18.4. The van der Waals surface area contributed by atoms with Gasteiger partial charge in [-0.2, -0.15) is 0 Å². The largest absolute Gasteiger partial charge is 0.493 e. The minimum atomic E-state index is -0.236. The van der Waals surface area contributed by atoms with Crippen LogP contribution in [0.15, 0.2) is 42.5 Å². The monoisotopic (exact) mass is 430 g/mol. The fraction of sp³-hybridized carbons (Fsp3) is 0.458. The predicted molar refractivity (Wildman–Crippen MR) is 117 cm³/mol. The summed E-state index contributed by atoms with van der Waals surface area (Å²) in [6, 6.07) is 12.2. The third-order valence-corrected chi connectivity index (χ3v) is 5.71. The third-order valence-electron chi connectivity index (χ3n) is 5.71. The Morgan fingerprint density at radius 3 is 2.45 bits per heavy atom. The highest BCUT2D eigenvalue weighted by atomic mass is 19.1. The van der Waals surface area contributed by atoms with Crippen molar-refractivity contribution in [1.82, 2.24) is 9.80 Å². The van der Waals surface area contributed by atoms with E-state index in [1.807, 2.05) is 24.0 Å². The molecule has 0 radical (unpaired) electrons. The first-order chi connectivity index (χ1) is 14.9. The fourth-order valence-corrected chi connectivity index (χ4v) is 3.93. The van der Waals surface area contributed by atoms with Crippen LogP contribution in [0, 0.1) is 5.82 Å². The smallest absolute Gasteiger partial charge is 0.260 e. The number of rotatable bonds is 8. The van der Waals surface area contributed by atoms with Crippen molar-refractivity contribution in [1.29, 1.82) is 0 Å². The first-order valence-corrected chi connectivity index (χ1v) is 10.6. The molecule has 2 aromatic carbocycles. The van der Waals surface area contributed by atoms with Crippen molar-refractivity contribution in [2.45, 2.75) is 38.9 Å². The molecule has 1 saturated heterocycles. The summed E-state index contributed by atoms with van der Waals surface area (Å²) in [6.45, 7) is 6.20. The lowest BCUT2D eigenvalue weighted by atomic mass is 10.1. The van der Waals surface area contributed by atoms with Crippen LogP contribution in [-0.2, 0) is 17.8 Å². The van der Waals surface area contributed by atoms with Gasteiger partial charge in [0.15, 0.2) is 18.1 Å². The van der Waals surface area contributed by atoms with E-state index in [0.717, 1.165) is 24.2 Å². The Labute approximate surface area is 183 Å². The van der Waals surface area contributed by atoms with Crippen molar-refractivity contribution in [2.75, 3.05) is 33.4 Å².